The maximum Gasteiger partial charge on any atom is 0.0137 e. The Morgan fingerprint density at radius 3 is 2.75 bits per heavy atom. The third-order valence-corrected chi connectivity index (χ3v) is 0.961. The normalized spacial score (nSPS) is 13.1. The van der Waals surface area contributed by atoms with Crippen LogP contribution in [-0.4, -0.2) is 6.54 Å². The van der Waals surface area contributed by atoms with Gasteiger partial charge in [-0.25, -0.2) is 0 Å². The average Bonchev–Trinajstić information content (AvgIpc) is 1.83. The number of thiol groups is 1. The molecule has 0 aliphatic rings. The van der Waals surface area contributed by atoms with E-state index in [1.165, 1.54) is 0 Å². The maximum atomic E-state index is 5.29. The van der Waals surface area contributed by atoms with Crippen LogP contribution in [0, 0.1) is 0 Å². The van der Waals surface area contributed by atoms with Crippen molar-refractivity contribution in [2.24, 2.45) is 5.73 Å². The van der Waals surface area contributed by atoms with Crippen LogP contribution in [0.3, 0.4) is 0 Å². The second kappa shape index (κ2) is 4.94. The molecule has 0 saturated carbocycles. The number of hydrogen-bond donors (Lipinski definition) is 2. The Labute approximate surface area is 55.7 Å². The Kier molecular flexibility index (Phi) is 4.81. The van der Waals surface area contributed by atoms with E-state index in [1.54, 1.807) is 5.41 Å². The van der Waals surface area contributed by atoms with Gasteiger partial charge in [-0.3, -0.25) is 0 Å². The van der Waals surface area contributed by atoms with E-state index >= 15 is 0 Å². The minimum absolute atomic E-state index is 0.623. The first-order chi connectivity index (χ1) is 3.81. The highest BCUT2D eigenvalue weighted by Gasteiger charge is 1.75. The summed E-state index contributed by atoms with van der Waals surface area (Å²) in [5, 5.41) is 1.68. The molecule has 0 bridgehead atoms. The number of nitrogens with two attached hydrogens (primary N) is 1. The Morgan fingerprint density at radius 2 is 2.38 bits per heavy atom. The van der Waals surface area contributed by atoms with Crippen molar-refractivity contribution in [1.82, 2.24) is 0 Å². The van der Waals surface area contributed by atoms with Crippen molar-refractivity contribution in [3.63, 3.8) is 0 Å². The van der Waals surface area contributed by atoms with Gasteiger partial charge in [-0.15, -0.1) is 0 Å². The maximum absolute atomic E-state index is 5.29. The molecule has 1 nitrogen and oxygen atoms in total. The quantitative estimate of drug-likeness (QED) is 0.427. The molecule has 0 aromatic carbocycles. The molecule has 0 spiro atoms. The molecular formula is C6H11NS. The summed E-state index contributed by atoms with van der Waals surface area (Å²) in [6.45, 7) is 2.60. The van der Waals surface area contributed by atoms with Crippen LogP contribution in [0.1, 0.15) is 6.92 Å². The van der Waals surface area contributed by atoms with Crippen LogP contribution in [0.2, 0.25) is 0 Å². The minimum Gasteiger partial charge on any atom is -0.327 e. The molecule has 0 aromatic rings. The molecule has 0 fully saturated rings. The SMILES string of the molecule is C/C(=C\C=C/S)CN. The molecule has 0 aromatic heterocycles. The molecule has 0 aliphatic carbocycles. The van der Waals surface area contributed by atoms with Crippen molar-refractivity contribution in [1.29, 1.82) is 0 Å². The summed E-state index contributed by atoms with van der Waals surface area (Å²) in [4.78, 5) is 0. The summed E-state index contributed by atoms with van der Waals surface area (Å²) in [5.74, 6) is 0. The van der Waals surface area contributed by atoms with E-state index in [0.29, 0.717) is 6.54 Å². The molecule has 2 heteroatoms. The van der Waals surface area contributed by atoms with Gasteiger partial charge >= 0.3 is 0 Å². The zero-order valence-corrected chi connectivity index (χ0v) is 5.86. The lowest BCUT2D eigenvalue weighted by Crippen LogP contribution is -1.98. The van der Waals surface area contributed by atoms with Gasteiger partial charge in [0, 0.05) is 6.54 Å². The van der Waals surface area contributed by atoms with Crippen LogP contribution in [0.5, 0.6) is 0 Å². The van der Waals surface area contributed by atoms with Crippen LogP contribution in [0.25, 0.3) is 0 Å². The highest BCUT2D eigenvalue weighted by molar-refractivity contribution is 7.83. The van der Waals surface area contributed by atoms with Gasteiger partial charge in [0.25, 0.3) is 0 Å². The molecular weight excluding hydrogens is 118 g/mol. The predicted octanol–water partition coefficient (Wildman–Crippen LogP) is 1.33. The van der Waals surface area contributed by atoms with E-state index in [1.807, 2.05) is 19.1 Å². The third kappa shape index (κ3) is 3.96. The molecule has 0 amide bonds. The van der Waals surface area contributed by atoms with Crippen molar-refractivity contribution in [3.8, 4) is 0 Å². The van der Waals surface area contributed by atoms with E-state index < -0.39 is 0 Å². The topological polar surface area (TPSA) is 26.0 Å². The van der Waals surface area contributed by atoms with Gasteiger partial charge < -0.3 is 5.73 Å². The van der Waals surface area contributed by atoms with Gasteiger partial charge in [0.05, 0.1) is 0 Å². The van der Waals surface area contributed by atoms with Crippen molar-refractivity contribution < 1.29 is 0 Å². The Morgan fingerprint density at radius 1 is 1.75 bits per heavy atom. The van der Waals surface area contributed by atoms with Crippen LogP contribution in [0.15, 0.2) is 23.1 Å². The Bertz CT molecular complexity index is 105. The van der Waals surface area contributed by atoms with E-state index in [9.17, 15) is 0 Å². The first kappa shape index (κ1) is 7.79. The molecule has 0 radical (unpaired) electrons. The van der Waals surface area contributed by atoms with E-state index in [-0.39, 0.29) is 0 Å². The molecule has 0 atom stereocenters. The molecule has 0 unspecified atom stereocenters. The van der Waals surface area contributed by atoms with Crippen LogP contribution >= 0.6 is 12.6 Å². The molecule has 0 rings (SSSR count). The van der Waals surface area contributed by atoms with Crippen molar-refractivity contribution in [2.75, 3.05) is 6.54 Å². The summed E-state index contributed by atoms with van der Waals surface area (Å²) in [7, 11) is 0. The van der Waals surface area contributed by atoms with Crippen LogP contribution in [-0.2, 0) is 0 Å². The predicted molar refractivity (Wildman–Crippen MR) is 40.9 cm³/mol. The van der Waals surface area contributed by atoms with Gasteiger partial charge in [0.1, 0.15) is 0 Å². The lowest BCUT2D eigenvalue weighted by Gasteiger charge is -1.87. The first-order valence-corrected chi connectivity index (χ1v) is 2.99. The fourth-order valence-electron chi connectivity index (χ4n) is 0.275. The number of rotatable bonds is 2. The summed E-state index contributed by atoms with van der Waals surface area (Å²) < 4.78 is 0. The van der Waals surface area contributed by atoms with E-state index in [2.05, 4.69) is 12.6 Å². The van der Waals surface area contributed by atoms with Crippen molar-refractivity contribution in [2.45, 2.75) is 6.92 Å². The zero-order valence-electron chi connectivity index (χ0n) is 4.96. The highest BCUT2D eigenvalue weighted by Crippen LogP contribution is 1.88. The first-order valence-electron chi connectivity index (χ1n) is 2.48. The summed E-state index contributed by atoms with van der Waals surface area (Å²) >= 11 is 3.87. The standard InChI is InChI=1S/C6H11NS/c1-6(5-7)3-2-4-8/h2-4,8H,5,7H2,1H3/b4-2-,6-3+. The van der Waals surface area contributed by atoms with Gasteiger partial charge in [-0.05, 0) is 12.3 Å². The van der Waals surface area contributed by atoms with Crippen LogP contribution < -0.4 is 5.73 Å². The smallest absolute Gasteiger partial charge is 0.0137 e. The molecule has 0 aliphatic heterocycles. The summed E-state index contributed by atoms with van der Waals surface area (Å²) in [5.41, 5.74) is 6.45. The third-order valence-electron chi connectivity index (χ3n) is 0.789. The molecule has 0 heterocycles. The highest BCUT2D eigenvalue weighted by atomic mass is 32.1. The second-order valence-corrected chi connectivity index (χ2v) is 1.86. The lowest BCUT2D eigenvalue weighted by atomic mass is 10.3. The van der Waals surface area contributed by atoms with E-state index in [0.717, 1.165) is 5.57 Å². The van der Waals surface area contributed by atoms with Gasteiger partial charge in [0.15, 0.2) is 0 Å². The Hall–Kier alpha value is -0.210. The monoisotopic (exact) mass is 129 g/mol. The summed E-state index contributed by atoms with van der Waals surface area (Å²) in [6, 6.07) is 0. The Balaban J connectivity index is 3.57. The van der Waals surface area contributed by atoms with Crippen molar-refractivity contribution in [3.05, 3.63) is 23.1 Å². The molecule has 0 saturated heterocycles. The largest absolute Gasteiger partial charge is 0.327 e. The van der Waals surface area contributed by atoms with Gasteiger partial charge in [0.2, 0.25) is 0 Å². The van der Waals surface area contributed by atoms with Gasteiger partial charge in [-0.1, -0.05) is 17.7 Å². The van der Waals surface area contributed by atoms with E-state index in [4.69, 9.17) is 5.73 Å². The average molecular weight is 129 g/mol. The fourth-order valence-corrected chi connectivity index (χ4v) is 0.361. The fraction of sp³-hybridized carbons (Fsp3) is 0.333. The van der Waals surface area contributed by atoms with Crippen molar-refractivity contribution >= 4 is 12.6 Å². The van der Waals surface area contributed by atoms with Crippen LogP contribution in [0.4, 0.5) is 0 Å². The molecule has 46 valence electrons. The zero-order chi connectivity index (χ0) is 6.41. The molecule has 8 heavy (non-hydrogen) atoms. The number of allylic oxidation sites excluding steroid dienone is 2. The number of hydrogen-bond acceptors (Lipinski definition) is 2. The minimum atomic E-state index is 0.623. The second-order valence-electron chi connectivity index (χ2n) is 1.56. The molecule has 2 N–H and O–H groups in total. The lowest BCUT2D eigenvalue weighted by molar-refractivity contribution is 1.14. The van der Waals surface area contributed by atoms with Gasteiger partial charge in [-0.2, -0.15) is 12.6 Å². The summed E-state index contributed by atoms with van der Waals surface area (Å²) in [6.07, 6.45) is 3.79.